The normalized spacial score (nSPS) is 21.5. The van der Waals surface area contributed by atoms with Crippen molar-refractivity contribution >= 4 is 41.0 Å². The summed E-state index contributed by atoms with van der Waals surface area (Å²) in [5.74, 6) is -2.31. The first-order chi connectivity index (χ1) is 11.7. The molecular formula is C17H20Cl2N2O4. The molecule has 0 aromatic heterocycles. The molecule has 6 nitrogen and oxygen atoms in total. The van der Waals surface area contributed by atoms with Crippen LogP contribution in [0, 0.1) is 5.92 Å². The molecule has 3 unspecified atom stereocenters. The number of nitrogens with one attached hydrogen (secondary N) is 1. The number of hydrogen-bond donors (Lipinski definition) is 2. The molecule has 0 aliphatic carbocycles. The number of rotatable bonds is 4. The monoisotopic (exact) mass is 386 g/mol. The lowest BCUT2D eigenvalue weighted by Crippen LogP contribution is -2.54. The van der Waals surface area contributed by atoms with Crippen LogP contribution in [0.3, 0.4) is 0 Å². The number of benzene rings is 1. The van der Waals surface area contributed by atoms with Crippen LogP contribution >= 0.6 is 23.2 Å². The Morgan fingerprint density at radius 2 is 1.96 bits per heavy atom. The predicted octanol–water partition coefficient (Wildman–Crippen LogP) is 2.82. The minimum Gasteiger partial charge on any atom is -0.481 e. The Morgan fingerprint density at radius 3 is 2.60 bits per heavy atom. The quantitative estimate of drug-likeness (QED) is 0.832. The molecule has 0 spiro atoms. The largest absolute Gasteiger partial charge is 0.481 e. The number of carboxylic acids is 1. The molecular weight excluding hydrogens is 367 g/mol. The fraction of sp³-hybridized carbons (Fsp3) is 0.471. The van der Waals surface area contributed by atoms with Crippen LogP contribution in [0.4, 0.5) is 0 Å². The molecule has 1 fully saturated rings. The Labute approximate surface area is 156 Å². The van der Waals surface area contributed by atoms with E-state index < -0.39 is 23.8 Å². The van der Waals surface area contributed by atoms with E-state index in [2.05, 4.69) is 5.32 Å². The molecule has 8 heteroatoms. The van der Waals surface area contributed by atoms with Crippen molar-refractivity contribution in [2.45, 2.75) is 38.8 Å². The predicted molar refractivity (Wildman–Crippen MR) is 94.9 cm³/mol. The lowest BCUT2D eigenvalue weighted by Gasteiger charge is -2.38. The van der Waals surface area contributed by atoms with Crippen molar-refractivity contribution in [3.63, 3.8) is 0 Å². The number of halogens is 2. The van der Waals surface area contributed by atoms with Gasteiger partial charge in [-0.25, -0.2) is 0 Å². The fourth-order valence-corrected chi connectivity index (χ4v) is 3.27. The zero-order valence-electron chi connectivity index (χ0n) is 14.0. The Kier molecular flexibility index (Phi) is 6.30. The number of piperidine rings is 1. The third-order valence-corrected chi connectivity index (χ3v) is 5.25. The van der Waals surface area contributed by atoms with E-state index in [1.807, 2.05) is 6.92 Å². The van der Waals surface area contributed by atoms with Crippen molar-refractivity contribution in [2.24, 2.45) is 5.92 Å². The molecule has 3 atom stereocenters. The molecule has 0 saturated carbocycles. The molecule has 1 aliphatic rings. The standard InChI is InChI=1S/C17H20Cl2N2O4/c1-9-6-7-11(17(24)25)8-21(9)16(23)10(2)20-15(22)12-4-3-5-13(18)14(12)19/h3-5,9-11H,6-8H2,1-2H3,(H,20,22)(H,24,25). The first-order valence-corrected chi connectivity index (χ1v) is 8.76. The molecule has 1 aliphatic heterocycles. The Balaban J connectivity index is 2.07. The van der Waals surface area contributed by atoms with Gasteiger partial charge in [0.25, 0.3) is 5.91 Å². The Morgan fingerprint density at radius 1 is 1.28 bits per heavy atom. The van der Waals surface area contributed by atoms with Crippen LogP contribution in [-0.4, -0.2) is 46.4 Å². The van der Waals surface area contributed by atoms with Gasteiger partial charge in [0.15, 0.2) is 0 Å². The first-order valence-electron chi connectivity index (χ1n) is 8.00. The van der Waals surface area contributed by atoms with Gasteiger partial charge in [0, 0.05) is 12.6 Å². The Hall–Kier alpha value is -1.79. The lowest BCUT2D eigenvalue weighted by atomic mass is 9.93. The molecule has 1 heterocycles. The average molecular weight is 387 g/mol. The summed E-state index contributed by atoms with van der Waals surface area (Å²) in [7, 11) is 0. The van der Waals surface area contributed by atoms with Gasteiger partial charge < -0.3 is 15.3 Å². The molecule has 2 rings (SSSR count). The average Bonchev–Trinajstić information content (AvgIpc) is 2.56. The molecule has 25 heavy (non-hydrogen) atoms. The summed E-state index contributed by atoms with van der Waals surface area (Å²) in [6.07, 6.45) is 1.16. The maximum Gasteiger partial charge on any atom is 0.308 e. The van der Waals surface area contributed by atoms with Crippen molar-refractivity contribution in [1.82, 2.24) is 10.2 Å². The highest BCUT2D eigenvalue weighted by atomic mass is 35.5. The van der Waals surface area contributed by atoms with Gasteiger partial charge in [-0.2, -0.15) is 0 Å². The number of nitrogens with zero attached hydrogens (tertiary/aromatic N) is 1. The molecule has 0 bridgehead atoms. The van der Waals surface area contributed by atoms with Crippen molar-refractivity contribution in [1.29, 1.82) is 0 Å². The van der Waals surface area contributed by atoms with Gasteiger partial charge in [-0.05, 0) is 38.8 Å². The van der Waals surface area contributed by atoms with Gasteiger partial charge in [-0.3, -0.25) is 14.4 Å². The highest BCUT2D eigenvalue weighted by Crippen LogP contribution is 2.26. The van der Waals surface area contributed by atoms with E-state index >= 15 is 0 Å². The van der Waals surface area contributed by atoms with Crippen molar-refractivity contribution < 1.29 is 19.5 Å². The minimum absolute atomic E-state index is 0.0720. The zero-order chi connectivity index (χ0) is 18.7. The van der Waals surface area contributed by atoms with E-state index in [1.165, 1.54) is 11.0 Å². The van der Waals surface area contributed by atoms with E-state index in [0.717, 1.165) is 0 Å². The first kappa shape index (κ1) is 19.5. The second-order valence-corrected chi connectivity index (χ2v) is 7.03. The molecule has 1 saturated heterocycles. The van der Waals surface area contributed by atoms with Gasteiger partial charge in [0.05, 0.1) is 21.5 Å². The zero-order valence-corrected chi connectivity index (χ0v) is 15.5. The summed E-state index contributed by atoms with van der Waals surface area (Å²) in [4.78, 5) is 37.7. The van der Waals surface area contributed by atoms with E-state index in [4.69, 9.17) is 23.2 Å². The van der Waals surface area contributed by atoms with E-state index in [1.54, 1.807) is 19.1 Å². The van der Waals surface area contributed by atoms with Crippen molar-refractivity contribution in [2.75, 3.05) is 6.54 Å². The van der Waals surface area contributed by atoms with Crippen LogP contribution < -0.4 is 5.32 Å². The summed E-state index contributed by atoms with van der Waals surface area (Å²) >= 11 is 11.9. The number of aliphatic carboxylic acids is 1. The van der Waals surface area contributed by atoms with Crippen molar-refractivity contribution in [3.8, 4) is 0 Å². The van der Waals surface area contributed by atoms with Crippen LogP contribution in [0.15, 0.2) is 18.2 Å². The number of amides is 2. The number of carbonyl (C=O) groups excluding carboxylic acids is 2. The summed E-state index contributed by atoms with van der Waals surface area (Å²) in [6.45, 7) is 3.58. The number of carboxylic acid groups (broad SMARTS) is 1. The van der Waals surface area contributed by atoms with Crippen LogP contribution in [0.25, 0.3) is 0 Å². The summed E-state index contributed by atoms with van der Waals surface area (Å²) in [5.41, 5.74) is 0.184. The van der Waals surface area contributed by atoms with E-state index in [9.17, 15) is 19.5 Å². The highest BCUT2D eigenvalue weighted by molar-refractivity contribution is 6.43. The van der Waals surface area contributed by atoms with Gasteiger partial charge >= 0.3 is 5.97 Å². The van der Waals surface area contributed by atoms with E-state index in [-0.39, 0.29) is 34.1 Å². The molecule has 2 amide bonds. The van der Waals surface area contributed by atoms with Gasteiger partial charge in [-0.15, -0.1) is 0 Å². The van der Waals surface area contributed by atoms with Crippen LogP contribution in [-0.2, 0) is 9.59 Å². The van der Waals surface area contributed by atoms with Crippen LogP contribution in [0.2, 0.25) is 10.0 Å². The van der Waals surface area contributed by atoms with Gasteiger partial charge in [0.1, 0.15) is 6.04 Å². The number of hydrogen-bond acceptors (Lipinski definition) is 3. The number of carbonyl (C=O) groups is 3. The van der Waals surface area contributed by atoms with Crippen LogP contribution in [0.5, 0.6) is 0 Å². The second-order valence-electron chi connectivity index (χ2n) is 6.25. The Bertz CT molecular complexity index is 695. The third-order valence-electron chi connectivity index (χ3n) is 4.43. The maximum atomic E-state index is 12.7. The van der Waals surface area contributed by atoms with Crippen molar-refractivity contribution in [3.05, 3.63) is 33.8 Å². The summed E-state index contributed by atoms with van der Waals surface area (Å²) in [5, 5.41) is 12.2. The lowest BCUT2D eigenvalue weighted by molar-refractivity contribution is -0.147. The maximum absolute atomic E-state index is 12.7. The fourth-order valence-electron chi connectivity index (χ4n) is 2.88. The molecule has 1 aromatic carbocycles. The second kappa shape index (κ2) is 8.06. The highest BCUT2D eigenvalue weighted by Gasteiger charge is 2.34. The molecule has 136 valence electrons. The molecule has 0 radical (unpaired) electrons. The molecule has 1 aromatic rings. The topological polar surface area (TPSA) is 86.7 Å². The minimum atomic E-state index is -0.910. The van der Waals surface area contributed by atoms with E-state index in [0.29, 0.717) is 12.8 Å². The van der Waals surface area contributed by atoms with Gasteiger partial charge in [-0.1, -0.05) is 29.3 Å². The number of likely N-dealkylation sites (tertiary alicyclic amines) is 1. The van der Waals surface area contributed by atoms with Crippen LogP contribution in [0.1, 0.15) is 37.0 Å². The third kappa shape index (κ3) is 4.44. The molecule has 2 N–H and O–H groups in total. The SMILES string of the molecule is CC(NC(=O)c1cccc(Cl)c1Cl)C(=O)N1CC(C(=O)O)CCC1C. The smallest absolute Gasteiger partial charge is 0.308 e. The summed E-state index contributed by atoms with van der Waals surface area (Å²) < 4.78 is 0. The summed E-state index contributed by atoms with van der Waals surface area (Å²) in [6, 6.07) is 3.80. The van der Waals surface area contributed by atoms with Gasteiger partial charge in [0.2, 0.25) is 5.91 Å².